The number of piperazine rings is 1. The highest BCUT2D eigenvalue weighted by Gasteiger charge is 2.42. The lowest BCUT2D eigenvalue weighted by atomic mass is 9.95. The molecule has 4 fully saturated rings. The maximum atomic E-state index is 14.2. The average Bonchev–Trinajstić information content (AvgIpc) is 3.62. The summed E-state index contributed by atoms with van der Waals surface area (Å²) < 4.78 is 43.7. The second kappa shape index (κ2) is 15.3. The van der Waals surface area contributed by atoms with Gasteiger partial charge in [0.05, 0.1) is 22.3 Å². The van der Waals surface area contributed by atoms with Gasteiger partial charge in [0.25, 0.3) is 0 Å². The van der Waals surface area contributed by atoms with Gasteiger partial charge >= 0.3 is 17.9 Å². The lowest BCUT2D eigenvalue weighted by Crippen LogP contribution is -2.59. The largest absolute Gasteiger partial charge is 0.418 e. The maximum Gasteiger partial charge on any atom is 0.418 e. The summed E-state index contributed by atoms with van der Waals surface area (Å²) in [6.45, 7) is 2.94. The van der Waals surface area contributed by atoms with E-state index in [1.807, 2.05) is 30.3 Å². The number of hydrogen-bond donors (Lipinski definition) is 3. The molecule has 4 saturated heterocycles. The van der Waals surface area contributed by atoms with Crippen molar-refractivity contribution in [3.8, 4) is 11.4 Å². The number of aromatic nitrogens is 3. The van der Waals surface area contributed by atoms with Crippen LogP contribution in [0.1, 0.15) is 55.7 Å². The van der Waals surface area contributed by atoms with Crippen molar-refractivity contribution >= 4 is 29.2 Å². The molecule has 2 bridgehead atoms. The number of hydrogen-bond acceptors (Lipinski definition) is 7. The molecule has 0 saturated carbocycles. The maximum absolute atomic E-state index is 14.2. The summed E-state index contributed by atoms with van der Waals surface area (Å²) in [5, 5.41) is 9.80. The number of rotatable bonds is 8. The number of anilines is 1. The first-order chi connectivity index (χ1) is 25.4. The summed E-state index contributed by atoms with van der Waals surface area (Å²) in [6, 6.07) is 11.6. The molecule has 12 nitrogen and oxygen atoms in total. The summed E-state index contributed by atoms with van der Waals surface area (Å²) >= 11 is 6.32. The van der Waals surface area contributed by atoms with Crippen LogP contribution in [0.4, 0.5) is 23.7 Å². The van der Waals surface area contributed by atoms with Crippen molar-refractivity contribution < 1.29 is 22.8 Å². The predicted octanol–water partition coefficient (Wildman–Crippen LogP) is 4.68. The van der Waals surface area contributed by atoms with E-state index in [1.54, 1.807) is 9.80 Å². The second-order valence-corrected chi connectivity index (χ2v) is 15.2. The van der Waals surface area contributed by atoms with Crippen LogP contribution in [0.2, 0.25) is 5.02 Å². The third kappa shape index (κ3) is 7.92. The summed E-state index contributed by atoms with van der Waals surface area (Å²) in [7, 11) is 3.58. The highest BCUT2D eigenvalue weighted by atomic mass is 35.5. The van der Waals surface area contributed by atoms with E-state index >= 15 is 0 Å². The van der Waals surface area contributed by atoms with Gasteiger partial charge in [0.1, 0.15) is 6.04 Å². The van der Waals surface area contributed by atoms with Gasteiger partial charge in [0, 0.05) is 76.4 Å². The molecule has 3 aromatic rings. The fourth-order valence-electron chi connectivity index (χ4n) is 8.77. The van der Waals surface area contributed by atoms with Gasteiger partial charge in [-0.15, -0.1) is 5.10 Å². The quantitative estimate of drug-likeness (QED) is 0.305. The molecule has 16 heteroatoms. The number of aromatic amines is 1. The number of carbonyl (C=O) groups excluding carboxylic acids is 2. The Bertz CT molecular complexity index is 1820. The molecule has 53 heavy (non-hydrogen) atoms. The van der Waals surface area contributed by atoms with Crippen LogP contribution in [0, 0.1) is 0 Å². The van der Waals surface area contributed by atoms with Crippen LogP contribution >= 0.6 is 11.6 Å². The van der Waals surface area contributed by atoms with Gasteiger partial charge in [-0.3, -0.25) is 14.7 Å². The highest BCUT2D eigenvalue weighted by Crippen LogP contribution is 2.40. The van der Waals surface area contributed by atoms with E-state index in [2.05, 4.69) is 37.6 Å². The molecule has 7 rings (SSSR count). The zero-order chi connectivity index (χ0) is 37.4. The Kier molecular flexibility index (Phi) is 10.8. The molecule has 2 unspecified atom stereocenters. The Morgan fingerprint density at radius 2 is 1.58 bits per heavy atom. The Balaban J connectivity index is 1.04. The van der Waals surface area contributed by atoms with Gasteiger partial charge in [-0.1, -0.05) is 41.9 Å². The lowest BCUT2D eigenvalue weighted by Gasteiger charge is -2.45. The predicted molar refractivity (Wildman–Crippen MR) is 196 cm³/mol. The summed E-state index contributed by atoms with van der Waals surface area (Å²) in [4.78, 5) is 51.8. The SMILES string of the molecule is CNc1c(Cl)cc(C[C@@H](NC(=O)N2CCC(n3nc(-c4ccccc4)[nH]c3=O)CC2)C(=O)N2CCN(C3CC4CCC(C3)N4C)CC2)cc1C(F)(F)F. The summed E-state index contributed by atoms with van der Waals surface area (Å²) in [6.07, 6.45) is 0.741. The normalized spacial score (nSPS) is 23.6. The minimum absolute atomic E-state index is 0.123. The van der Waals surface area contributed by atoms with Crippen LogP contribution in [0.25, 0.3) is 11.4 Å². The van der Waals surface area contributed by atoms with E-state index < -0.39 is 23.8 Å². The van der Waals surface area contributed by atoms with Crippen LogP contribution in [-0.4, -0.2) is 124 Å². The molecule has 3 atom stereocenters. The molecule has 5 heterocycles. The van der Waals surface area contributed by atoms with Gasteiger partial charge in [-0.25, -0.2) is 14.3 Å². The van der Waals surface area contributed by atoms with E-state index in [0.29, 0.717) is 76.1 Å². The molecule has 2 aromatic carbocycles. The third-order valence-electron chi connectivity index (χ3n) is 11.7. The topological polar surface area (TPSA) is 122 Å². The third-order valence-corrected chi connectivity index (χ3v) is 12.0. The molecule has 0 aliphatic carbocycles. The first-order valence-corrected chi connectivity index (χ1v) is 18.9. The Labute approximate surface area is 311 Å². The van der Waals surface area contributed by atoms with Crippen molar-refractivity contribution in [3.63, 3.8) is 0 Å². The molecular weight excluding hydrogens is 711 g/mol. The number of alkyl halides is 3. The number of nitrogens with one attached hydrogen (secondary N) is 3. The van der Waals surface area contributed by atoms with Crippen LogP contribution in [0.5, 0.6) is 0 Å². The van der Waals surface area contributed by atoms with E-state index in [4.69, 9.17) is 11.6 Å². The summed E-state index contributed by atoms with van der Waals surface area (Å²) in [5.41, 5.74) is -0.543. The second-order valence-electron chi connectivity index (χ2n) is 14.8. The molecule has 4 aliphatic rings. The molecule has 286 valence electrons. The van der Waals surface area contributed by atoms with Gasteiger partial charge in [0.15, 0.2) is 5.82 Å². The molecule has 1 aromatic heterocycles. The van der Waals surface area contributed by atoms with Crippen LogP contribution in [0.15, 0.2) is 47.3 Å². The molecule has 3 N–H and O–H groups in total. The van der Waals surface area contributed by atoms with Crippen molar-refractivity contribution in [2.24, 2.45) is 0 Å². The van der Waals surface area contributed by atoms with Crippen LogP contribution < -0.4 is 16.3 Å². The Morgan fingerprint density at radius 1 is 0.925 bits per heavy atom. The number of benzene rings is 2. The molecule has 4 aliphatic heterocycles. The number of likely N-dealkylation sites (tertiary alicyclic amines) is 1. The zero-order valence-electron chi connectivity index (χ0n) is 30.0. The Morgan fingerprint density at radius 3 is 2.21 bits per heavy atom. The number of nitrogens with zero attached hydrogens (tertiary/aromatic N) is 6. The standard InChI is InChI=1S/C37H47ClF3N9O3/c1-42-32-29(37(39,40)41)18-23(19-30(32)38)20-31(34(51)48-16-14-47(15-17-48)28-21-26-8-9-27(22-28)46(26)2)43-35(52)49-12-10-25(11-13-49)50-36(53)44-33(45-50)24-6-4-3-5-7-24/h3-7,18-19,25-28,31,42H,8-17,20-22H2,1-2H3,(H,43,52)(H,44,45,53)/t26?,27?,28?,31-/m1/s1. The number of carbonyl (C=O) groups is 2. The summed E-state index contributed by atoms with van der Waals surface area (Å²) in [5.74, 6) is 0.128. The first kappa shape index (κ1) is 37.2. The van der Waals surface area contributed by atoms with E-state index in [0.717, 1.165) is 24.5 Å². The average molecular weight is 758 g/mol. The minimum Gasteiger partial charge on any atom is -0.386 e. The molecular formula is C37H47ClF3N9O3. The van der Waals surface area contributed by atoms with Gasteiger partial charge in [-0.2, -0.15) is 13.2 Å². The fourth-order valence-corrected chi connectivity index (χ4v) is 9.10. The number of piperidine rings is 2. The van der Waals surface area contributed by atoms with Crippen molar-refractivity contribution in [2.75, 3.05) is 58.7 Å². The van der Waals surface area contributed by atoms with Gasteiger partial charge in [0.2, 0.25) is 5.91 Å². The molecule has 3 amide bonds. The molecule has 0 spiro atoms. The van der Waals surface area contributed by atoms with Crippen molar-refractivity contribution in [3.05, 3.63) is 69.1 Å². The van der Waals surface area contributed by atoms with Crippen molar-refractivity contribution in [1.82, 2.24) is 39.7 Å². The highest BCUT2D eigenvalue weighted by molar-refractivity contribution is 6.33. The fraction of sp³-hybridized carbons (Fsp3) is 0.568. The van der Waals surface area contributed by atoms with E-state index in [-0.39, 0.29) is 40.3 Å². The van der Waals surface area contributed by atoms with Gasteiger partial charge in [-0.05, 0) is 63.3 Å². The van der Waals surface area contributed by atoms with Crippen LogP contribution in [-0.2, 0) is 17.4 Å². The first-order valence-electron chi connectivity index (χ1n) is 18.5. The number of H-pyrrole nitrogens is 1. The molecule has 0 radical (unpaired) electrons. The van der Waals surface area contributed by atoms with E-state index in [1.165, 1.54) is 30.6 Å². The van der Waals surface area contributed by atoms with Crippen molar-refractivity contribution in [1.29, 1.82) is 0 Å². The Hall–Kier alpha value is -4.08. The number of urea groups is 1. The van der Waals surface area contributed by atoms with E-state index in [9.17, 15) is 27.6 Å². The lowest BCUT2D eigenvalue weighted by molar-refractivity contribution is -0.137. The van der Waals surface area contributed by atoms with Crippen molar-refractivity contribution in [2.45, 2.75) is 81.3 Å². The smallest absolute Gasteiger partial charge is 0.386 e. The monoisotopic (exact) mass is 757 g/mol. The van der Waals surface area contributed by atoms with Crippen LogP contribution in [0.3, 0.4) is 0 Å². The number of halogens is 4. The minimum atomic E-state index is -4.69. The number of amides is 3. The number of fused-ring (bicyclic) bond motifs is 2. The zero-order valence-corrected chi connectivity index (χ0v) is 30.8. The van der Waals surface area contributed by atoms with Gasteiger partial charge < -0.3 is 25.3 Å².